The second-order valence-electron chi connectivity index (χ2n) is 8.33. The quantitative estimate of drug-likeness (QED) is 0.525. The third kappa shape index (κ3) is 3.10. The Kier molecular flexibility index (Phi) is 4.38. The number of fused-ring (bicyclic) bond motifs is 3. The van der Waals surface area contributed by atoms with E-state index in [4.69, 9.17) is 4.42 Å². The van der Waals surface area contributed by atoms with Crippen LogP contribution in [0.25, 0.3) is 22.5 Å². The van der Waals surface area contributed by atoms with Crippen LogP contribution in [0.1, 0.15) is 23.2 Å². The molecule has 2 aliphatic rings. The molecule has 2 bridgehead atoms. The molecule has 7 nitrogen and oxygen atoms in total. The highest BCUT2D eigenvalue weighted by Crippen LogP contribution is 2.41. The molecule has 0 unspecified atom stereocenters. The number of anilines is 1. The van der Waals surface area contributed by atoms with Crippen LogP contribution in [0.15, 0.2) is 65.3 Å². The fourth-order valence-corrected chi connectivity index (χ4v) is 5.02. The van der Waals surface area contributed by atoms with Crippen LogP contribution >= 0.6 is 0 Å². The van der Waals surface area contributed by atoms with E-state index < -0.39 is 5.82 Å². The zero-order valence-electron chi connectivity index (χ0n) is 17.1. The molecule has 1 aliphatic heterocycles. The van der Waals surface area contributed by atoms with Crippen LogP contribution < -0.4 is 5.32 Å². The first-order valence-corrected chi connectivity index (χ1v) is 10.7. The Balaban J connectivity index is 1.28. The smallest absolute Gasteiger partial charge is 0.295 e. The number of aromatic nitrogens is 3. The molecular formula is C24H20FN5O2. The fourth-order valence-electron chi connectivity index (χ4n) is 5.02. The molecule has 0 spiro atoms. The number of benzene rings is 2. The molecule has 6 rings (SSSR count). The fraction of sp³-hybridized carbons (Fsp3) is 0.250. The number of hydrogen-bond donors (Lipinski definition) is 1. The number of nitrogens with zero attached hydrogens (tertiary/aromatic N) is 4. The topological polar surface area (TPSA) is 84.2 Å². The van der Waals surface area contributed by atoms with E-state index in [9.17, 15) is 9.18 Å². The van der Waals surface area contributed by atoms with Crippen molar-refractivity contribution in [2.75, 3.05) is 11.9 Å². The Labute approximate surface area is 183 Å². The molecule has 1 aliphatic carbocycles. The number of amides is 1. The van der Waals surface area contributed by atoms with Crippen molar-refractivity contribution in [1.29, 1.82) is 0 Å². The van der Waals surface area contributed by atoms with Gasteiger partial charge in [0.05, 0.1) is 23.2 Å². The van der Waals surface area contributed by atoms with Crippen molar-refractivity contribution in [3.05, 3.63) is 72.3 Å². The lowest BCUT2D eigenvalue weighted by atomic mass is 10.0. The zero-order chi connectivity index (χ0) is 21.7. The highest BCUT2D eigenvalue weighted by molar-refractivity contribution is 6.00. The number of nitrogens with one attached hydrogen (secondary N) is 1. The Morgan fingerprint density at radius 3 is 2.72 bits per heavy atom. The van der Waals surface area contributed by atoms with Crippen LogP contribution in [-0.2, 0) is 0 Å². The number of rotatable bonds is 4. The molecule has 3 atom stereocenters. The minimum absolute atomic E-state index is 0.0182. The van der Waals surface area contributed by atoms with Crippen molar-refractivity contribution in [2.45, 2.75) is 24.9 Å². The summed E-state index contributed by atoms with van der Waals surface area (Å²) in [6.45, 7) is 0.654. The molecule has 1 amide bonds. The van der Waals surface area contributed by atoms with Crippen LogP contribution in [0.4, 0.5) is 10.4 Å². The molecule has 1 saturated heterocycles. The van der Waals surface area contributed by atoms with Crippen molar-refractivity contribution in [2.24, 2.45) is 5.92 Å². The Morgan fingerprint density at radius 1 is 1.06 bits per heavy atom. The summed E-state index contributed by atoms with van der Waals surface area (Å²) in [4.78, 5) is 28.2. The molecule has 3 heterocycles. The molecule has 160 valence electrons. The van der Waals surface area contributed by atoms with E-state index in [-0.39, 0.29) is 34.9 Å². The molecule has 1 saturated carbocycles. The lowest BCUT2D eigenvalue weighted by Crippen LogP contribution is -2.47. The first kappa shape index (κ1) is 18.9. The van der Waals surface area contributed by atoms with E-state index in [1.54, 1.807) is 30.6 Å². The average Bonchev–Trinajstić information content (AvgIpc) is 3.52. The Bertz CT molecular complexity index is 1280. The molecule has 1 N–H and O–H groups in total. The predicted molar refractivity (Wildman–Crippen MR) is 116 cm³/mol. The van der Waals surface area contributed by atoms with E-state index >= 15 is 0 Å². The first-order valence-electron chi connectivity index (χ1n) is 10.7. The summed E-state index contributed by atoms with van der Waals surface area (Å²) >= 11 is 0. The number of carbonyl (C=O) groups is 1. The maximum absolute atomic E-state index is 14.8. The summed E-state index contributed by atoms with van der Waals surface area (Å²) in [5, 5.41) is 3.39. The molecule has 2 aromatic carbocycles. The van der Waals surface area contributed by atoms with Gasteiger partial charge in [-0.05, 0) is 49.1 Å². The van der Waals surface area contributed by atoms with Crippen molar-refractivity contribution in [1.82, 2.24) is 19.9 Å². The normalized spacial score (nSPS) is 21.9. The maximum atomic E-state index is 14.8. The highest BCUT2D eigenvalue weighted by Gasteiger charge is 2.47. The van der Waals surface area contributed by atoms with Gasteiger partial charge in [0.15, 0.2) is 11.4 Å². The summed E-state index contributed by atoms with van der Waals surface area (Å²) in [6, 6.07) is 14.3. The molecule has 0 radical (unpaired) electrons. The number of piperidine rings is 1. The average molecular weight is 429 g/mol. The van der Waals surface area contributed by atoms with Crippen molar-refractivity contribution in [3.63, 3.8) is 0 Å². The second-order valence-corrected chi connectivity index (χ2v) is 8.33. The summed E-state index contributed by atoms with van der Waals surface area (Å²) in [5.74, 6) is -0.119. The molecule has 32 heavy (non-hydrogen) atoms. The summed E-state index contributed by atoms with van der Waals surface area (Å²) in [6.07, 6.45) is 4.92. The maximum Gasteiger partial charge on any atom is 0.295 e. The molecule has 8 heteroatoms. The standard InChI is InChI=1S/C24H20FN5O2/c25-16-6-3-5-15(21(16)22-26-9-4-10-27-22)23(31)30-13-14-11-18(19(30)12-14)29-24-28-17-7-1-2-8-20(17)32-24/h1-10,14,18-19H,11-13H2,(H,28,29)/t14-,18-,19+/m1/s1. The monoisotopic (exact) mass is 429 g/mol. The highest BCUT2D eigenvalue weighted by atomic mass is 19.1. The number of carbonyl (C=O) groups excluding carboxylic acids is 1. The number of halogens is 1. The van der Waals surface area contributed by atoms with Crippen molar-refractivity contribution in [3.8, 4) is 11.4 Å². The third-order valence-corrected chi connectivity index (χ3v) is 6.38. The molecule has 2 fully saturated rings. The van der Waals surface area contributed by atoms with Gasteiger partial charge < -0.3 is 14.6 Å². The van der Waals surface area contributed by atoms with Crippen LogP contribution in [0, 0.1) is 11.7 Å². The van der Waals surface area contributed by atoms with Gasteiger partial charge in [-0.2, -0.15) is 4.98 Å². The predicted octanol–water partition coefficient (Wildman–Crippen LogP) is 4.14. The summed E-state index contributed by atoms with van der Waals surface area (Å²) in [5.41, 5.74) is 1.94. The lowest BCUT2D eigenvalue weighted by Gasteiger charge is -2.33. The Morgan fingerprint density at radius 2 is 1.91 bits per heavy atom. The van der Waals surface area contributed by atoms with Gasteiger partial charge in [0, 0.05) is 18.9 Å². The minimum atomic E-state index is -0.507. The first-order chi connectivity index (χ1) is 15.7. The van der Waals surface area contributed by atoms with Crippen LogP contribution in [0.2, 0.25) is 0 Å². The number of likely N-dealkylation sites (tertiary alicyclic amines) is 1. The Hall–Kier alpha value is -3.81. The van der Waals surface area contributed by atoms with Gasteiger partial charge >= 0.3 is 0 Å². The summed E-state index contributed by atoms with van der Waals surface area (Å²) < 4.78 is 20.6. The van der Waals surface area contributed by atoms with Gasteiger partial charge in [0.1, 0.15) is 11.3 Å². The third-order valence-electron chi connectivity index (χ3n) is 6.38. The van der Waals surface area contributed by atoms with Crippen LogP contribution in [0.3, 0.4) is 0 Å². The van der Waals surface area contributed by atoms with Crippen LogP contribution in [0.5, 0.6) is 0 Å². The molecule has 4 aromatic rings. The lowest BCUT2D eigenvalue weighted by molar-refractivity contribution is 0.0691. The number of hydrogen-bond acceptors (Lipinski definition) is 6. The minimum Gasteiger partial charge on any atom is -0.424 e. The van der Waals surface area contributed by atoms with Gasteiger partial charge in [-0.3, -0.25) is 4.79 Å². The van der Waals surface area contributed by atoms with E-state index in [1.165, 1.54) is 6.07 Å². The molecular weight excluding hydrogens is 409 g/mol. The SMILES string of the molecule is O=C(c1cccc(F)c1-c1ncccn1)N1C[C@@H]2C[C@@H](Nc3nc4ccccc4o3)[C@@H]1C2. The van der Waals surface area contributed by atoms with Gasteiger partial charge in [-0.25, -0.2) is 14.4 Å². The molecule has 2 aromatic heterocycles. The van der Waals surface area contributed by atoms with E-state index in [0.29, 0.717) is 18.5 Å². The van der Waals surface area contributed by atoms with E-state index in [0.717, 1.165) is 23.9 Å². The number of oxazole rings is 1. The van der Waals surface area contributed by atoms with E-state index in [2.05, 4.69) is 20.3 Å². The summed E-state index contributed by atoms with van der Waals surface area (Å²) in [7, 11) is 0. The van der Waals surface area contributed by atoms with Gasteiger partial charge in [-0.15, -0.1) is 0 Å². The second kappa shape index (κ2) is 7.40. The van der Waals surface area contributed by atoms with Gasteiger partial charge in [-0.1, -0.05) is 18.2 Å². The number of para-hydroxylation sites is 2. The van der Waals surface area contributed by atoms with Crippen LogP contribution in [-0.4, -0.2) is 44.4 Å². The van der Waals surface area contributed by atoms with Crippen molar-refractivity contribution < 1.29 is 13.6 Å². The van der Waals surface area contributed by atoms with Gasteiger partial charge in [0.2, 0.25) is 0 Å². The van der Waals surface area contributed by atoms with Crippen molar-refractivity contribution >= 4 is 23.0 Å². The zero-order valence-corrected chi connectivity index (χ0v) is 17.1. The van der Waals surface area contributed by atoms with Gasteiger partial charge in [0.25, 0.3) is 11.9 Å². The largest absolute Gasteiger partial charge is 0.424 e. The van der Waals surface area contributed by atoms with E-state index in [1.807, 2.05) is 29.2 Å².